The molecule has 2 aromatic carbocycles. The Morgan fingerprint density at radius 2 is 1.38 bits per heavy atom. The molecule has 3 heteroatoms. The molecule has 2 aromatic rings. The van der Waals surface area contributed by atoms with Gasteiger partial charge in [0.1, 0.15) is 5.75 Å². The lowest BCUT2D eigenvalue weighted by atomic mass is 9.97. The number of para-hydroxylation sites is 1. The van der Waals surface area contributed by atoms with Crippen LogP contribution in [0.4, 0.5) is 0 Å². The third-order valence-electron chi connectivity index (χ3n) is 3.02. The molecular weight excluding hydrogens is 264 g/mol. The van der Waals surface area contributed by atoms with Crippen LogP contribution in [0.5, 0.6) is 5.75 Å². The molecule has 0 unspecified atom stereocenters. The first-order valence-corrected chi connectivity index (χ1v) is 6.70. The lowest BCUT2D eigenvalue weighted by molar-refractivity contribution is -0.114. The summed E-state index contributed by atoms with van der Waals surface area (Å²) in [6.45, 7) is 0. The van der Waals surface area contributed by atoms with Crippen molar-refractivity contribution in [2.75, 3.05) is 0 Å². The van der Waals surface area contributed by atoms with Crippen molar-refractivity contribution in [3.05, 3.63) is 84.5 Å². The number of aromatic hydroxyl groups is 1. The molecule has 0 saturated carbocycles. The van der Waals surface area contributed by atoms with Crippen molar-refractivity contribution in [3.8, 4) is 5.75 Å². The molecule has 1 aliphatic carbocycles. The van der Waals surface area contributed by atoms with Gasteiger partial charge in [0.25, 0.3) is 0 Å². The highest BCUT2D eigenvalue weighted by atomic mass is 16.5. The van der Waals surface area contributed by atoms with E-state index in [1.54, 1.807) is 30.3 Å². The summed E-state index contributed by atoms with van der Waals surface area (Å²) in [5.74, 6) is -1.35. The maximum atomic E-state index is 9.26. The monoisotopic (exact) mass is 282 g/mol. The van der Waals surface area contributed by atoms with Gasteiger partial charge in [0.15, 0.2) is 5.79 Å². The summed E-state index contributed by atoms with van der Waals surface area (Å²) in [7, 11) is 0. The molecular formula is C18H18O3. The van der Waals surface area contributed by atoms with E-state index in [0.717, 1.165) is 11.1 Å². The van der Waals surface area contributed by atoms with E-state index in [1.165, 1.54) is 6.08 Å². The third-order valence-corrected chi connectivity index (χ3v) is 3.02. The van der Waals surface area contributed by atoms with E-state index < -0.39 is 5.79 Å². The largest absolute Gasteiger partial charge is 0.508 e. The van der Waals surface area contributed by atoms with Crippen LogP contribution in [-0.4, -0.2) is 21.1 Å². The van der Waals surface area contributed by atoms with Crippen molar-refractivity contribution in [2.24, 2.45) is 0 Å². The Labute approximate surface area is 124 Å². The highest BCUT2D eigenvalue weighted by Crippen LogP contribution is 2.24. The Morgan fingerprint density at radius 1 is 0.810 bits per heavy atom. The summed E-state index contributed by atoms with van der Waals surface area (Å²) in [6, 6.07) is 18.6. The van der Waals surface area contributed by atoms with Gasteiger partial charge in [-0.15, -0.1) is 0 Å². The van der Waals surface area contributed by atoms with Crippen LogP contribution in [0.3, 0.4) is 0 Å². The number of rotatable bonds is 1. The van der Waals surface area contributed by atoms with E-state index in [2.05, 4.69) is 0 Å². The van der Waals surface area contributed by atoms with Gasteiger partial charge in [-0.05, 0) is 29.3 Å². The smallest absolute Gasteiger partial charge is 0.186 e. The van der Waals surface area contributed by atoms with Crippen LogP contribution in [0.1, 0.15) is 12.0 Å². The summed E-state index contributed by atoms with van der Waals surface area (Å²) in [4.78, 5) is 0. The second kappa shape index (κ2) is 6.88. The number of phenols is 1. The van der Waals surface area contributed by atoms with Gasteiger partial charge in [-0.1, -0.05) is 60.7 Å². The Balaban J connectivity index is 0.000000194. The first-order valence-electron chi connectivity index (χ1n) is 6.70. The van der Waals surface area contributed by atoms with Gasteiger partial charge in [0, 0.05) is 6.42 Å². The fourth-order valence-electron chi connectivity index (χ4n) is 1.89. The minimum Gasteiger partial charge on any atom is -0.508 e. The lowest BCUT2D eigenvalue weighted by Gasteiger charge is -2.19. The van der Waals surface area contributed by atoms with Crippen LogP contribution in [0, 0.1) is 0 Å². The van der Waals surface area contributed by atoms with E-state index in [4.69, 9.17) is 5.11 Å². The van der Waals surface area contributed by atoms with E-state index in [0.29, 0.717) is 5.75 Å². The number of phenolic OH excluding ortho intramolecular Hbond substituents is 1. The first kappa shape index (κ1) is 15.0. The molecule has 0 atom stereocenters. The maximum absolute atomic E-state index is 9.26. The van der Waals surface area contributed by atoms with E-state index in [1.807, 2.05) is 42.5 Å². The summed E-state index contributed by atoms with van der Waals surface area (Å²) >= 11 is 0. The normalized spacial score (nSPS) is 15.6. The molecule has 3 nitrogen and oxygen atoms in total. The molecule has 3 N–H and O–H groups in total. The topological polar surface area (TPSA) is 60.7 Å². The molecule has 0 heterocycles. The van der Waals surface area contributed by atoms with Gasteiger partial charge >= 0.3 is 0 Å². The van der Waals surface area contributed by atoms with Crippen molar-refractivity contribution < 1.29 is 15.3 Å². The summed E-state index contributed by atoms with van der Waals surface area (Å²) in [5.41, 5.74) is 2.13. The lowest BCUT2D eigenvalue weighted by Crippen LogP contribution is -2.25. The molecule has 0 fully saturated rings. The summed E-state index contributed by atoms with van der Waals surface area (Å²) < 4.78 is 0. The van der Waals surface area contributed by atoms with Crippen LogP contribution >= 0.6 is 0 Å². The van der Waals surface area contributed by atoms with Crippen LogP contribution in [0.25, 0.3) is 5.57 Å². The zero-order chi connectivity index (χ0) is 15.1. The maximum Gasteiger partial charge on any atom is 0.186 e. The molecule has 0 saturated heterocycles. The number of allylic oxidation sites excluding steroid dienone is 2. The highest BCUT2D eigenvalue weighted by Gasteiger charge is 2.20. The van der Waals surface area contributed by atoms with Gasteiger partial charge in [0.05, 0.1) is 0 Å². The molecule has 108 valence electrons. The van der Waals surface area contributed by atoms with E-state index >= 15 is 0 Å². The van der Waals surface area contributed by atoms with Crippen molar-refractivity contribution in [1.29, 1.82) is 0 Å². The average Bonchev–Trinajstić information content (AvgIpc) is 2.49. The molecule has 0 aliphatic heterocycles. The fourth-order valence-corrected chi connectivity index (χ4v) is 1.89. The Kier molecular flexibility index (Phi) is 4.93. The zero-order valence-electron chi connectivity index (χ0n) is 11.6. The SMILES string of the molecule is OC1(O)C=CC(c2ccccc2)=CC1.Oc1ccccc1. The molecule has 21 heavy (non-hydrogen) atoms. The van der Waals surface area contributed by atoms with Gasteiger partial charge < -0.3 is 15.3 Å². The minimum absolute atomic E-state index is 0.244. The minimum atomic E-state index is -1.67. The van der Waals surface area contributed by atoms with Crippen molar-refractivity contribution in [2.45, 2.75) is 12.2 Å². The quantitative estimate of drug-likeness (QED) is 0.704. The zero-order valence-corrected chi connectivity index (χ0v) is 11.6. The van der Waals surface area contributed by atoms with E-state index in [9.17, 15) is 10.2 Å². The Hall–Kier alpha value is -2.36. The molecule has 0 spiro atoms. The van der Waals surface area contributed by atoms with Crippen LogP contribution in [0.15, 0.2) is 78.9 Å². The van der Waals surface area contributed by atoms with Gasteiger partial charge in [-0.25, -0.2) is 0 Å². The average molecular weight is 282 g/mol. The first-order chi connectivity index (χ1) is 10.1. The van der Waals surface area contributed by atoms with Crippen LogP contribution in [-0.2, 0) is 0 Å². The number of benzene rings is 2. The van der Waals surface area contributed by atoms with Crippen molar-refractivity contribution in [3.63, 3.8) is 0 Å². The van der Waals surface area contributed by atoms with Crippen LogP contribution in [0.2, 0.25) is 0 Å². The van der Waals surface area contributed by atoms with Crippen LogP contribution < -0.4 is 0 Å². The molecule has 1 aliphatic rings. The Morgan fingerprint density at radius 3 is 1.81 bits per heavy atom. The van der Waals surface area contributed by atoms with Gasteiger partial charge in [-0.3, -0.25) is 0 Å². The van der Waals surface area contributed by atoms with E-state index in [-0.39, 0.29) is 6.42 Å². The second-order valence-electron chi connectivity index (χ2n) is 4.78. The Bertz CT molecular complexity index is 613. The number of aliphatic hydroxyl groups is 2. The fraction of sp³-hybridized carbons (Fsp3) is 0.111. The van der Waals surface area contributed by atoms with Crippen molar-refractivity contribution >= 4 is 5.57 Å². The molecule has 0 bridgehead atoms. The highest BCUT2D eigenvalue weighted by molar-refractivity contribution is 5.75. The third kappa shape index (κ3) is 4.91. The molecule has 3 rings (SSSR count). The van der Waals surface area contributed by atoms with Gasteiger partial charge in [-0.2, -0.15) is 0 Å². The second-order valence-corrected chi connectivity index (χ2v) is 4.78. The summed E-state index contributed by atoms with van der Waals surface area (Å²) in [5, 5.41) is 27.2. The molecule has 0 radical (unpaired) electrons. The molecule has 0 aromatic heterocycles. The predicted octanol–water partition coefficient (Wildman–Crippen LogP) is 3.10. The molecule has 0 amide bonds. The number of hydrogen-bond acceptors (Lipinski definition) is 3. The van der Waals surface area contributed by atoms with Crippen molar-refractivity contribution in [1.82, 2.24) is 0 Å². The summed E-state index contributed by atoms with van der Waals surface area (Å²) in [6.07, 6.45) is 5.22. The van der Waals surface area contributed by atoms with Gasteiger partial charge in [0.2, 0.25) is 0 Å². The number of hydrogen-bond donors (Lipinski definition) is 3. The standard InChI is InChI=1S/C12H12O2.C6H6O/c13-12(14)8-6-11(7-9-12)10-4-2-1-3-5-10;7-6-4-2-1-3-5-6/h1-8,13-14H,9H2;1-5,7H. The predicted molar refractivity (Wildman–Crippen MR) is 83.5 cm³/mol.